The standard InChI is InChI=1S/C9H20O3.3C4H6O2/c1-3-4-8(2)9(5-10,6-11)7-12;3*1-3(2)4(5)6/h8,10-12H,3-7H2,1-2H3;3*1H2,2H3,(H,5,6). The van der Waals surface area contributed by atoms with Gasteiger partial charge in [-0.2, -0.15) is 0 Å². The third kappa shape index (κ3) is 20.2. The molecule has 0 aliphatic rings. The van der Waals surface area contributed by atoms with Gasteiger partial charge in [0.25, 0.3) is 0 Å². The van der Waals surface area contributed by atoms with Crippen LogP contribution in [-0.4, -0.2) is 68.4 Å². The van der Waals surface area contributed by atoms with Crippen LogP contribution >= 0.6 is 0 Å². The number of aliphatic hydroxyl groups is 3. The summed E-state index contributed by atoms with van der Waals surface area (Å²) >= 11 is 0. The van der Waals surface area contributed by atoms with Crippen LogP contribution in [0.2, 0.25) is 0 Å². The lowest BCUT2D eigenvalue weighted by Crippen LogP contribution is -2.40. The first-order chi connectivity index (χ1) is 13.6. The van der Waals surface area contributed by atoms with Gasteiger partial charge >= 0.3 is 17.9 Å². The van der Waals surface area contributed by atoms with Crippen molar-refractivity contribution in [2.45, 2.75) is 47.5 Å². The molecule has 0 saturated heterocycles. The molecule has 0 spiro atoms. The SMILES string of the molecule is C=C(C)C(=O)O.C=C(C)C(=O)O.C=C(C)C(=O)O.CCCC(C)C(CO)(CO)CO. The minimum absolute atomic E-state index is 0.152. The summed E-state index contributed by atoms with van der Waals surface area (Å²) in [6, 6.07) is 0. The second-order valence-electron chi connectivity index (χ2n) is 6.78. The Labute approximate surface area is 178 Å². The molecule has 1 unspecified atom stereocenters. The molecule has 0 aliphatic carbocycles. The normalized spacial score (nSPS) is 10.4. The van der Waals surface area contributed by atoms with E-state index >= 15 is 0 Å². The Kier molecular flexibility index (Phi) is 23.1. The molecule has 0 bridgehead atoms. The van der Waals surface area contributed by atoms with Gasteiger partial charge in [-0.1, -0.05) is 46.4 Å². The Hall–Kier alpha value is -2.49. The lowest BCUT2D eigenvalue weighted by Gasteiger charge is -2.33. The van der Waals surface area contributed by atoms with Gasteiger partial charge in [0.05, 0.1) is 19.8 Å². The first-order valence-electron chi connectivity index (χ1n) is 9.08. The van der Waals surface area contributed by atoms with E-state index in [0.29, 0.717) is 0 Å². The number of aliphatic carboxylic acids is 3. The van der Waals surface area contributed by atoms with Crippen molar-refractivity contribution in [1.82, 2.24) is 0 Å². The first-order valence-corrected chi connectivity index (χ1v) is 9.08. The largest absolute Gasteiger partial charge is 0.478 e. The summed E-state index contributed by atoms with van der Waals surface area (Å²) in [7, 11) is 0. The molecule has 0 aromatic heterocycles. The molecule has 0 aromatic rings. The second-order valence-corrected chi connectivity index (χ2v) is 6.78. The van der Waals surface area contributed by atoms with Crippen LogP contribution in [0.4, 0.5) is 0 Å². The highest BCUT2D eigenvalue weighted by Crippen LogP contribution is 2.29. The fourth-order valence-electron chi connectivity index (χ4n) is 1.36. The molecule has 9 nitrogen and oxygen atoms in total. The highest BCUT2D eigenvalue weighted by molar-refractivity contribution is 5.85. The highest BCUT2D eigenvalue weighted by atomic mass is 16.4. The number of carbonyl (C=O) groups is 3. The quantitative estimate of drug-likeness (QED) is 0.298. The van der Waals surface area contributed by atoms with E-state index in [4.69, 9.17) is 30.6 Å². The van der Waals surface area contributed by atoms with Crippen molar-refractivity contribution in [2.24, 2.45) is 11.3 Å². The molecule has 0 fully saturated rings. The van der Waals surface area contributed by atoms with Gasteiger partial charge in [-0.3, -0.25) is 0 Å². The molecular formula is C21H38O9. The molecule has 176 valence electrons. The summed E-state index contributed by atoms with van der Waals surface area (Å²) in [6.07, 6.45) is 1.92. The van der Waals surface area contributed by atoms with Gasteiger partial charge in [-0.05, 0) is 26.7 Å². The van der Waals surface area contributed by atoms with E-state index in [-0.39, 0.29) is 42.5 Å². The molecule has 1 atom stereocenters. The summed E-state index contributed by atoms with van der Waals surface area (Å²) in [5, 5.41) is 50.8. The fourth-order valence-corrected chi connectivity index (χ4v) is 1.36. The maximum atomic E-state index is 9.60. The van der Waals surface area contributed by atoms with Crippen LogP contribution in [-0.2, 0) is 14.4 Å². The van der Waals surface area contributed by atoms with E-state index in [1.807, 2.05) is 13.8 Å². The van der Waals surface area contributed by atoms with Gasteiger partial charge < -0.3 is 30.6 Å². The van der Waals surface area contributed by atoms with E-state index < -0.39 is 23.3 Å². The van der Waals surface area contributed by atoms with Crippen molar-refractivity contribution >= 4 is 17.9 Å². The number of carboxylic acids is 3. The lowest BCUT2D eigenvalue weighted by molar-refractivity contribution is -0.133. The van der Waals surface area contributed by atoms with Crippen LogP contribution in [0.25, 0.3) is 0 Å². The average molecular weight is 435 g/mol. The number of carboxylic acid groups (broad SMARTS) is 3. The van der Waals surface area contributed by atoms with Gasteiger partial charge in [0.2, 0.25) is 0 Å². The molecule has 0 radical (unpaired) electrons. The molecule has 0 amide bonds. The van der Waals surface area contributed by atoms with E-state index in [1.54, 1.807) is 0 Å². The predicted molar refractivity (Wildman–Crippen MR) is 115 cm³/mol. The van der Waals surface area contributed by atoms with E-state index in [1.165, 1.54) is 20.8 Å². The molecule has 0 aliphatic heterocycles. The van der Waals surface area contributed by atoms with Gasteiger partial charge in [0, 0.05) is 22.1 Å². The van der Waals surface area contributed by atoms with Crippen molar-refractivity contribution in [3.63, 3.8) is 0 Å². The highest BCUT2D eigenvalue weighted by Gasteiger charge is 2.33. The predicted octanol–water partition coefficient (Wildman–Crippen LogP) is 2.33. The molecule has 0 aromatic carbocycles. The summed E-state index contributed by atoms with van der Waals surface area (Å²) < 4.78 is 0. The lowest BCUT2D eigenvalue weighted by atomic mass is 9.76. The number of hydrogen-bond acceptors (Lipinski definition) is 6. The van der Waals surface area contributed by atoms with Gasteiger partial charge in [0.1, 0.15) is 0 Å². The number of rotatable bonds is 9. The zero-order valence-corrected chi connectivity index (χ0v) is 18.6. The maximum Gasteiger partial charge on any atom is 0.330 e. The van der Waals surface area contributed by atoms with E-state index in [0.717, 1.165) is 12.8 Å². The third-order valence-electron chi connectivity index (χ3n) is 3.81. The molecule has 0 saturated carbocycles. The third-order valence-corrected chi connectivity index (χ3v) is 3.81. The van der Waals surface area contributed by atoms with Crippen molar-refractivity contribution in [2.75, 3.05) is 19.8 Å². The van der Waals surface area contributed by atoms with Crippen LogP contribution in [0.3, 0.4) is 0 Å². The Morgan fingerprint density at radius 1 is 0.733 bits per heavy atom. The molecule has 9 heteroatoms. The molecule has 0 rings (SSSR count). The van der Waals surface area contributed by atoms with Crippen LogP contribution < -0.4 is 0 Å². The molecule has 6 N–H and O–H groups in total. The average Bonchev–Trinajstić information content (AvgIpc) is 2.65. The van der Waals surface area contributed by atoms with Crippen molar-refractivity contribution < 1.29 is 45.0 Å². The molecule has 30 heavy (non-hydrogen) atoms. The first kappa shape index (κ1) is 35.0. The van der Waals surface area contributed by atoms with Gasteiger partial charge in [-0.25, -0.2) is 14.4 Å². The van der Waals surface area contributed by atoms with Crippen LogP contribution in [0.5, 0.6) is 0 Å². The van der Waals surface area contributed by atoms with Crippen molar-refractivity contribution in [3.8, 4) is 0 Å². The summed E-state index contributed by atoms with van der Waals surface area (Å²) in [4.78, 5) is 28.8. The number of hydrogen-bond donors (Lipinski definition) is 6. The Morgan fingerprint density at radius 3 is 1.03 bits per heavy atom. The Morgan fingerprint density at radius 2 is 0.933 bits per heavy atom. The van der Waals surface area contributed by atoms with Crippen LogP contribution in [0.1, 0.15) is 47.5 Å². The molecule has 0 heterocycles. The second kappa shape index (κ2) is 19.8. The minimum Gasteiger partial charge on any atom is -0.478 e. The maximum absolute atomic E-state index is 9.60. The summed E-state index contributed by atoms with van der Waals surface area (Å²) in [5.74, 6) is -2.65. The smallest absolute Gasteiger partial charge is 0.330 e. The van der Waals surface area contributed by atoms with Crippen molar-refractivity contribution in [3.05, 3.63) is 36.5 Å². The Bertz CT molecular complexity index is 460. The minimum atomic E-state index is -0.935. The number of aliphatic hydroxyl groups excluding tert-OH is 3. The molecular weight excluding hydrogens is 396 g/mol. The van der Waals surface area contributed by atoms with Gasteiger partial charge in [-0.15, -0.1) is 0 Å². The van der Waals surface area contributed by atoms with Crippen LogP contribution in [0.15, 0.2) is 36.5 Å². The zero-order chi connectivity index (χ0) is 25.1. The summed E-state index contributed by atoms with van der Waals surface area (Å²) in [5.41, 5.74) is -0.171. The monoisotopic (exact) mass is 434 g/mol. The Balaban J connectivity index is -0.000000161. The van der Waals surface area contributed by atoms with Crippen LogP contribution in [0, 0.1) is 11.3 Å². The van der Waals surface area contributed by atoms with Gasteiger partial charge in [0.15, 0.2) is 0 Å². The summed E-state index contributed by atoms with van der Waals surface area (Å²) in [6.45, 7) is 17.4. The van der Waals surface area contributed by atoms with E-state index in [9.17, 15) is 14.4 Å². The van der Waals surface area contributed by atoms with Crippen molar-refractivity contribution in [1.29, 1.82) is 0 Å². The fraction of sp³-hybridized carbons (Fsp3) is 0.571. The van der Waals surface area contributed by atoms with E-state index in [2.05, 4.69) is 19.7 Å². The zero-order valence-electron chi connectivity index (χ0n) is 18.6. The topological polar surface area (TPSA) is 173 Å².